The van der Waals surface area contributed by atoms with E-state index >= 15 is 0 Å². The number of hydrogen-bond acceptors (Lipinski definition) is 5. The van der Waals surface area contributed by atoms with Crippen molar-refractivity contribution in [2.24, 2.45) is 5.10 Å². The van der Waals surface area contributed by atoms with Crippen LogP contribution in [-0.2, 0) is 11.3 Å². The Balaban J connectivity index is 2.11. The summed E-state index contributed by atoms with van der Waals surface area (Å²) in [7, 11) is 0. The van der Waals surface area contributed by atoms with E-state index in [1.54, 1.807) is 6.92 Å². The van der Waals surface area contributed by atoms with Gasteiger partial charge in [0, 0.05) is 19.4 Å². The summed E-state index contributed by atoms with van der Waals surface area (Å²) in [5, 5.41) is 16.2. The minimum atomic E-state index is -0.742. The first-order chi connectivity index (χ1) is 13.0. The van der Waals surface area contributed by atoms with Crippen LogP contribution < -0.4 is 11.2 Å². The monoisotopic (exact) mass is 368 g/mol. The van der Waals surface area contributed by atoms with Crippen molar-refractivity contribution in [2.75, 3.05) is 0 Å². The average molecular weight is 368 g/mol. The summed E-state index contributed by atoms with van der Waals surface area (Å²) in [6.07, 6.45) is 1.93. The minimum Gasteiger partial charge on any atom is -0.494 e. The maximum absolute atomic E-state index is 12.4. The van der Waals surface area contributed by atoms with E-state index in [2.05, 4.69) is 16.7 Å². The van der Waals surface area contributed by atoms with Crippen molar-refractivity contribution in [3.05, 3.63) is 75.0 Å². The molecule has 3 rings (SSSR count). The first-order valence-electron chi connectivity index (χ1n) is 8.59. The summed E-state index contributed by atoms with van der Waals surface area (Å²) in [5.41, 5.74) is -0.464. The Kier molecular flexibility index (Phi) is 5.07. The number of benzene rings is 1. The summed E-state index contributed by atoms with van der Waals surface area (Å²) in [6, 6.07) is 8.96. The normalized spacial score (nSPS) is 16.3. The highest BCUT2D eigenvalue weighted by atomic mass is 16.3. The van der Waals surface area contributed by atoms with E-state index in [-0.39, 0.29) is 42.6 Å². The lowest BCUT2D eigenvalue weighted by atomic mass is 9.99. The van der Waals surface area contributed by atoms with Crippen LogP contribution in [0.1, 0.15) is 36.9 Å². The quantitative estimate of drug-likeness (QED) is 0.780. The van der Waals surface area contributed by atoms with Gasteiger partial charge in [-0.15, -0.1) is 6.58 Å². The largest absolute Gasteiger partial charge is 0.494 e. The molecule has 140 valence electrons. The van der Waals surface area contributed by atoms with Crippen LogP contribution >= 0.6 is 0 Å². The maximum Gasteiger partial charge on any atom is 0.331 e. The van der Waals surface area contributed by atoms with E-state index < -0.39 is 17.1 Å². The second-order valence-electron chi connectivity index (χ2n) is 6.13. The molecule has 2 N–H and O–H groups in total. The predicted octanol–water partition coefficient (Wildman–Crippen LogP) is 1.52. The third-order valence-electron chi connectivity index (χ3n) is 4.42. The summed E-state index contributed by atoms with van der Waals surface area (Å²) >= 11 is 0. The molecule has 0 radical (unpaired) electrons. The van der Waals surface area contributed by atoms with Gasteiger partial charge in [0.2, 0.25) is 11.8 Å². The number of nitrogens with one attached hydrogen (secondary N) is 1. The average Bonchev–Trinajstić information content (AvgIpc) is 3.10. The Morgan fingerprint density at radius 1 is 1.37 bits per heavy atom. The molecule has 0 fully saturated rings. The Morgan fingerprint density at radius 3 is 2.70 bits per heavy atom. The number of aromatic amines is 1. The summed E-state index contributed by atoms with van der Waals surface area (Å²) in [4.78, 5) is 38.8. The van der Waals surface area contributed by atoms with Gasteiger partial charge >= 0.3 is 5.69 Å². The second kappa shape index (κ2) is 7.45. The number of rotatable bonds is 5. The van der Waals surface area contributed by atoms with Gasteiger partial charge in [-0.2, -0.15) is 5.10 Å². The Labute approximate surface area is 155 Å². The van der Waals surface area contributed by atoms with Crippen molar-refractivity contribution in [2.45, 2.75) is 32.4 Å². The van der Waals surface area contributed by atoms with Gasteiger partial charge in [-0.05, 0) is 5.56 Å². The SMILES string of the molecule is C=CCn1c(O)c(C2=NN(C(=O)CC)[C@H](c3ccccc3)C2)c(=O)[nH]c1=O. The summed E-state index contributed by atoms with van der Waals surface area (Å²) in [6.45, 7) is 5.30. The standard InChI is InChI=1S/C19H20N4O4/c1-3-10-22-18(26)16(17(25)20-19(22)27)13-11-14(12-8-6-5-7-9-12)23(21-13)15(24)4-2/h3,5-9,14,26H,1,4,10-11H2,2H3,(H,20,25,27)/t14-/m0/s1. The van der Waals surface area contributed by atoms with Gasteiger partial charge in [0.05, 0.1) is 11.8 Å². The number of hydrogen-bond donors (Lipinski definition) is 2. The van der Waals surface area contributed by atoms with Gasteiger partial charge < -0.3 is 5.11 Å². The number of hydrazone groups is 1. The molecule has 2 heterocycles. The lowest BCUT2D eigenvalue weighted by Gasteiger charge is -2.21. The van der Waals surface area contributed by atoms with Gasteiger partial charge in [-0.25, -0.2) is 9.80 Å². The lowest BCUT2D eigenvalue weighted by Crippen LogP contribution is -2.33. The van der Waals surface area contributed by atoms with Crippen LogP contribution in [0.25, 0.3) is 0 Å². The van der Waals surface area contributed by atoms with Crippen LogP contribution in [0, 0.1) is 0 Å². The van der Waals surface area contributed by atoms with Crippen LogP contribution in [0.5, 0.6) is 5.88 Å². The van der Waals surface area contributed by atoms with E-state index in [9.17, 15) is 19.5 Å². The van der Waals surface area contributed by atoms with Crippen molar-refractivity contribution in [1.82, 2.24) is 14.6 Å². The fraction of sp³-hybridized carbons (Fsp3) is 0.263. The van der Waals surface area contributed by atoms with Crippen molar-refractivity contribution in [1.29, 1.82) is 0 Å². The summed E-state index contributed by atoms with van der Waals surface area (Å²) in [5.74, 6) is -0.686. The highest BCUT2D eigenvalue weighted by molar-refractivity contribution is 6.04. The van der Waals surface area contributed by atoms with Crippen LogP contribution in [0.4, 0.5) is 0 Å². The molecule has 1 atom stereocenters. The molecule has 0 spiro atoms. The first-order valence-corrected chi connectivity index (χ1v) is 8.59. The number of carbonyl (C=O) groups is 1. The number of nitrogens with zero attached hydrogens (tertiary/aromatic N) is 3. The molecule has 0 aliphatic carbocycles. The smallest absolute Gasteiger partial charge is 0.331 e. The number of carbonyl (C=O) groups excluding carboxylic acids is 1. The molecule has 0 unspecified atom stereocenters. The molecule has 0 saturated carbocycles. The first kappa shape index (κ1) is 18.4. The Morgan fingerprint density at radius 2 is 2.07 bits per heavy atom. The third-order valence-corrected chi connectivity index (χ3v) is 4.42. The van der Waals surface area contributed by atoms with E-state index in [1.165, 1.54) is 11.1 Å². The topological polar surface area (TPSA) is 108 Å². The third kappa shape index (κ3) is 3.33. The molecular formula is C19H20N4O4. The van der Waals surface area contributed by atoms with Gasteiger partial charge in [0.25, 0.3) is 5.56 Å². The molecule has 0 saturated heterocycles. The summed E-state index contributed by atoms with van der Waals surface area (Å²) < 4.78 is 0.994. The number of allylic oxidation sites excluding steroid dienone is 1. The highest BCUT2D eigenvalue weighted by Gasteiger charge is 2.34. The van der Waals surface area contributed by atoms with Crippen LogP contribution in [0.2, 0.25) is 0 Å². The zero-order valence-corrected chi connectivity index (χ0v) is 14.9. The number of amides is 1. The van der Waals surface area contributed by atoms with Crippen molar-refractivity contribution in [3.63, 3.8) is 0 Å². The molecule has 8 heteroatoms. The molecule has 8 nitrogen and oxygen atoms in total. The zero-order valence-electron chi connectivity index (χ0n) is 14.9. The van der Waals surface area contributed by atoms with Crippen molar-refractivity contribution >= 4 is 11.6 Å². The van der Waals surface area contributed by atoms with Crippen LogP contribution in [-0.4, -0.2) is 31.3 Å². The number of aromatic hydroxyl groups is 1. The Bertz CT molecular complexity index is 1020. The molecule has 1 aliphatic rings. The maximum atomic E-state index is 12.4. The molecular weight excluding hydrogens is 348 g/mol. The van der Waals surface area contributed by atoms with Gasteiger partial charge in [0.1, 0.15) is 5.56 Å². The molecule has 1 amide bonds. The molecule has 0 bridgehead atoms. The molecule has 27 heavy (non-hydrogen) atoms. The second-order valence-corrected chi connectivity index (χ2v) is 6.13. The van der Waals surface area contributed by atoms with Crippen molar-refractivity contribution in [3.8, 4) is 5.88 Å². The highest BCUT2D eigenvalue weighted by Crippen LogP contribution is 2.33. The molecule has 1 aromatic heterocycles. The minimum absolute atomic E-state index is 0.0292. The van der Waals surface area contributed by atoms with E-state index in [0.717, 1.165) is 10.1 Å². The van der Waals surface area contributed by atoms with E-state index in [0.29, 0.717) is 0 Å². The Hall–Kier alpha value is -3.42. The van der Waals surface area contributed by atoms with Crippen LogP contribution in [0.3, 0.4) is 0 Å². The fourth-order valence-electron chi connectivity index (χ4n) is 3.11. The van der Waals surface area contributed by atoms with Gasteiger partial charge in [0.15, 0.2) is 0 Å². The lowest BCUT2D eigenvalue weighted by molar-refractivity contribution is -0.132. The molecule has 1 aliphatic heterocycles. The van der Waals surface area contributed by atoms with Gasteiger partial charge in [-0.3, -0.25) is 19.1 Å². The van der Waals surface area contributed by atoms with Gasteiger partial charge in [-0.1, -0.05) is 43.3 Å². The predicted molar refractivity (Wildman–Crippen MR) is 101 cm³/mol. The van der Waals surface area contributed by atoms with Crippen molar-refractivity contribution < 1.29 is 9.90 Å². The zero-order chi connectivity index (χ0) is 19.6. The number of aromatic nitrogens is 2. The number of H-pyrrole nitrogens is 1. The van der Waals surface area contributed by atoms with Crippen LogP contribution in [0.15, 0.2) is 57.7 Å². The molecule has 1 aromatic carbocycles. The fourth-order valence-corrected chi connectivity index (χ4v) is 3.11. The van der Waals surface area contributed by atoms with E-state index in [1.807, 2.05) is 30.3 Å². The molecule has 2 aromatic rings. The van der Waals surface area contributed by atoms with E-state index in [4.69, 9.17) is 0 Å².